The van der Waals surface area contributed by atoms with Crippen LogP contribution in [0.2, 0.25) is 0 Å². The standard InChI is InChI=1S/C23H19FN4O4S.H2/c1-14-21(23-28-27-22(32-23)18-4-2-3-5-19(18)24)26-20(12-25-14)15-6-8-16(9-7-15)33(29,30)17-10-11-31-13-17;/h2-9,12,17H,10-11,13H2,1H3;1H. The van der Waals surface area contributed by atoms with E-state index in [1.54, 1.807) is 55.6 Å². The second-order valence-corrected chi connectivity index (χ2v) is 9.86. The molecule has 1 aliphatic heterocycles. The summed E-state index contributed by atoms with van der Waals surface area (Å²) in [4.78, 5) is 9.20. The van der Waals surface area contributed by atoms with Crippen LogP contribution in [-0.2, 0) is 14.6 Å². The number of ether oxygens (including phenoxy) is 1. The van der Waals surface area contributed by atoms with Crippen molar-refractivity contribution >= 4 is 9.84 Å². The topological polar surface area (TPSA) is 108 Å². The van der Waals surface area contributed by atoms with Crippen molar-refractivity contribution in [1.82, 2.24) is 20.2 Å². The zero-order valence-electron chi connectivity index (χ0n) is 17.6. The molecule has 5 rings (SSSR count). The van der Waals surface area contributed by atoms with Gasteiger partial charge in [-0.2, -0.15) is 0 Å². The molecule has 1 fully saturated rings. The molecule has 1 aliphatic rings. The van der Waals surface area contributed by atoms with E-state index in [1.807, 2.05) is 0 Å². The summed E-state index contributed by atoms with van der Waals surface area (Å²) in [6.45, 7) is 2.42. The largest absolute Gasteiger partial charge is 0.414 e. The lowest BCUT2D eigenvalue weighted by molar-refractivity contribution is 0.198. The number of rotatable bonds is 5. The number of aryl methyl sites for hydroxylation is 1. The molecule has 1 saturated heterocycles. The molecule has 3 heterocycles. The maximum absolute atomic E-state index is 14.1. The maximum Gasteiger partial charge on any atom is 0.268 e. The SMILES string of the molecule is Cc1ncc(-c2ccc(S(=O)(=O)C3CCOC3)cc2)nc1-c1nnc(-c2ccccc2F)o1.[HH]. The van der Waals surface area contributed by atoms with Crippen LogP contribution in [0.1, 0.15) is 13.5 Å². The van der Waals surface area contributed by atoms with Crippen molar-refractivity contribution in [2.24, 2.45) is 0 Å². The highest BCUT2D eigenvalue weighted by Crippen LogP contribution is 2.29. The van der Waals surface area contributed by atoms with Crippen molar-refractivity contribution in [2.45, 2.75) is 23.5 Å². The second-order valence-electron chi connectivity index (χ2n) is 7.64. The van der Waals surface area contributed by atoms with Crippen molar-refractivity contribution in [2.75, 3.05) is 13.2 Å². The molecule has 4 aromatic rings. The zero-order chi connectivity index (χ0) is 23.0. The van der Waals surface area contributed by atoms with E-state index in [9.17, 15) is 12.8 Å². The fraction of sp³-hybridized carbons (Fsp3) is 0.217. The quantitative estimate of drug-likeness (QED) is 0.430. The van der Waals surface area contributed by atoms with Crippen molar-refractivity contribution in [3.63, 3.8) is 0 Å². The van der Waals surface area contributed by atoms with E-state index in [1.165, 1.54) is 6.07 Å². The van der Waals surface area contributed by atoms with Gasteiger partial charge >= 0.3 is 0 Å². The average Bonchev–Trinajstić information content (AvgIpc) is 3.53. The lowest BCUT2D eigenvalue weighted by Crippen LogP contribution is -2.21. The van der Waals surface area contributed by atoms with Gasteiger partial charge in [-0.05, 0) is 37.6 Å². The molecule has 8 nitrogen and oxygen atoms in total. The molecule has 0 bridgehead atoms. The van der Waals surface area contributed by atoms with Crippen LogP contribution in [0.4, 0.5) is 4.39 Å². The third-order valence-electron chi connectivity index (χ3n) is 5.49. The van der Waals surface area contributed by atoms with Gasteiger partial charge in [0.05, 0.1) is 39.9 Å². The predicted molar refractivity (Wildman–Crippen MR) is 119 cm³/mol. The number of nitrogens with zero attached hydrogens (tertiary/aromatic N) is 4. The Labute approximate surface area is 190 Å². The summed E-state index contributed by atoms with van der Waals surface area (Å²) in [6.07, 6.45) is 2.08. The normalized spacial score (nSPS) is 16.2. The van der Waals surface area contributed by atoms with Gasteiger partial charge in [0.2, 0.25) is 0 Å². The van der Waals surface area contributed by atoms with Gasteiger partial charge in [0.25, 0.3) is 11.8 Å². The first-order valence-electron chi connectivity index (χ1n) is 10.3. The van der Waals surface area contributed by atoms with Crippen LogP contribution in [0.15, 0.2) is 64.0 Å². The van der Waals surface area contributed by atoms with Crippen LogP contribution in [0, 0.1) is 12.7 Å². The van der Waals surface area contributed by atoms with Gasteiger partial charge < -0.3 is 9.15 Å². The minimum Gasteiger partial charge on any atom is -0.414 e. The van der Waals surface area contributed by atoms with E-state index >= 15 is 0 Å². The fourth-order valence-corrected chi connectivity index (χ4v) is 5.20. The van der Waals surface area contributed by atoms with Crippen LogP contribution >= 0.6 is 0 Å². The van der Waals surface area contributed by atoms with Gasteiger partial charge in [0, 0.05) is 13.6 Å². The highest BCUT2D eigenvalue weighted by atomic mass is 32.2. The van der Waals surface area contributed by atoms with Crippen LogP contribution in [-0.4, -0.2) is 47.0 Å². The molecular formula is C23H21FN4O4S. The van der Waals surface area contributed by atoms with E-state index in [-0.39, 0.29) is 30.3 Å². The summed E-state index contributed by atoms with van der Waals surface area (Å²) in [6, 6.07) is 12.6. The number of sulfone groups is 1. The maximum atomic E-state index is 14.1. The highest BCUT2D eigenvalue weighted by molar-refractivity contribution is 7.92. The van der Waals surface area contributed by atoms with Crippen molar-refractivity contribution < 1.29 is 23.4 Å². The molecule has 0 aliphatic carbocycles. The summed E-state index contributed by atoms with van der Waals surface area (Å²) < 4.78 is 50.5. The Bertz CT molecular complexity index is 1420. The molecule has 33 heavy (non-hydrogen) atoms. The van der Waals surface area contributed by atoms with Gasteiger partial charge in [0.15, 0.2) is 9.84 Å². The Balaban J connectivity index is 0.00000274. The Kier molecular flexibility index (Phi) is 5.47. The van der Waals surface area contributed by atoms with Crippen molar-refractivity contribution in [3.05, 3.63) is 66.2 Å². The van der Waals surface area contributed by atoms with E-state index in [0.717, 1.165) is 0 Å². The molecule has 0 radical (unpaired) electrons. The second kappa shape index (κ2) is 8.45. The zero-order valence-corrected chi connectivity index (χ0v) is 18.4. The molecule has 0 spiro atoms. The molecule has 0 N–H and O–H groups in total. The molecule has 0 saturated carbocycles. The third-order valence-corrected chi connectivity index (χ3v) is 7.67. The molecule has 170 valence electrons. The first-order valence-corrected chi connectivity index (χ1v) is 11.8. The molecule has 10 heteroatoms. The van der Waals surface area contributed by atoms with Gasteiger partial charge in [-0.3, -0.25) is 4.98 Å². The number of hydrogen-bond acceptors (Lipinski definition) is 8. The fourth-order valence-electron chi connectivity index (χ4n) is 3.62. The molecule has 2 aromatic carbocycles. The Morgan fingerprint density at radius 1 is 1.06 bits per heavy atom. The number of aromatic nitrogens is 4. The molecule has 1 unspecified atom stereocenters. The molecular weight excluding hydrogens is 447 g/mol. The van der Waals surface area contributed by atoms with Gasteiger partial charge in [-0.1, -0.05) is 24.3 Å². The number of halogens is 1. The molecule has 0 amide bonds. The Morgan fingerprint density at radius 2 is 1.82 bits per heavy atom. The third kappa shape index (κ3) is 4.03. The lowest BCUT2D eigenvalue weighted by Gasteiger charge is -2.10. The Hall–Kier alpha value is -3.50. The van der Waals surface area contributed by atoms with E-state index in [0.29, 0.717) is 35.7 Å². The minimum atomic E-state index is -3.45. The highest BCUT2D eigenvalue weighted by Gasteiger charge is 2.31. The summed E-state index contributed by atoms with van der Waals surface area (Å²) >= 11 is 0. The smallest absolute Gasteiger partial charge is 0.268 e. The van der Waals surface area contributed by atoms with Crippen LogP contribution in [0.25, 0.3) is 34.3 Å². The summed E-state index contributed by atoms with van der Waals surface area (Å²) in [7, 11) is -3.45. The first-order chi connectivity index (χ1) is 15.9. The van der Waals surface area contributed by atoms with Gasteiger partial charge in [-0.15, -0.1) is 10.2 Å². The van der Waals surface area contributed by atoms with Gasteiger partial charge in [0.1, 0.15) is 11.5 Å². The minimum absolute atomic E-state index is 0. The van der Waals surface area contributed by atoms with Crippen LogP contribution < -0.4 is 0 Å². The lowest BCUT2D eigenvalue weighted by atomic mass is 10.1. The molecule has 1 atom stereocenters. The van der Waals surface area contributed by atoms with Crippen LogP contribution in [0.3, 0.4) is 0 Å². The summed E-state index contributed by atoms with van der Waals surface area (Å²) in [5.74, 6) is -0.316. The summed E-state index contributed by atoms with van der Waals surface area (Å²) in [5, 5.41) is 7.44. The number of benzene rings is 2. The summed E-state index contributed by atoms with van der Waals surface area (Å²) in [5.41, 5.74) is 2.31. The van der Waals surface area contributed by atoms with Crippen molar-refractivity contribution in [1.29, 1.82) is 0 Å². The van der Waals surface area contributed by atoms with E-state index in [4.69, 9.17) is 9.15 Å². The first kappa shape index (κ1) is 21.4. The van der Waals surface area contributed by atoms with Crippen LogP contribution in [0.5, 0.6) is 0 Å². The van der Waals surface area contributed by atoms with Gasteiger partial charge in [-0.25, -0.2) is 17.8 Å². The Morgan fingerprint density at radius 3 is 2.55 bits per heavy atom. The number of hydrogen-bond donors (Lipinski definition) is 0. The average molecular weight is 469 g/mol. The van der Waals surface area contributed by atoms with E-state index < -0.39 is 20.9 Å². The predicted octanol–water partition coefficient (Wildman–Crippen LogP) is 4.12. The monoisotopic (exact) mass is 468 g/mol. The van der Waals surface area contributed by atoms with E-state index in [2.05, 4.69) is 20.2 Å². The van der Waals surface area contributed by atoms with Crippen molar-refractivity contribution in [3.8, 4) is 34.3 Å². The molecule has 2 aromatic heterocycles.